The number of aryl methyl sites for hydroxylation is 2. The number of ether oxygens (including phenoxy) is 1. The molecule has 1 aromatic carbocycles. The Hall–Kier alpha value is -2.22. The predicted molar refractivity (Wildman–Crippen MR) is 110 cm³/mol. The molecule has 2 saturated heterocycles. The number of hydrogen-bond donors (Lipinski definition) is 1. The van der Waals surface area contributed by atoms with Crippen LogP contribution in [0.15, 0.2) is 36.5 Å². The third-order valence-corrected chi connectivity index (χ3v) is 5.99. The summed E-state index contributed by atoms with van der Waals surface area (Å²) in [6, 6.07) is 10.0. The summed E-state index contributed by atoms with van der Waals surface area (Å²) < 4.78 is 7.90. The second-order valence-corrected chi connectivity index (χ2v) is 8.10. The number of rotatable bonds is 4. The Morgan fingerprint density at radius 1 is 1.21 bits per heavy atom. The molecule has 4 rings (SSSR count). The van der Waals surface area contributed by atoms with Gasteiger partial charge in [-0.1, -0.05) is 30.3 Å². The Morgan fingerprint density at radius 2 is 1.93 bits per heavy atom. The number of hydrogen-bond acceptors (Lipinski definition) is 5. The number of nitrogens with zero attached hydrogens (tertiary/aromatic N) is 4. The summed E-state index contributed by atoms with van der Waals surface area (Å²) in [5.41, 5.74) is 2.48. The fraction of sp³-hybridized carbons (Fsp3) is 0.545. The number of carbonyl (C=O) groups is 1. The van der Waals surface area contributed by atoms with Crippen molar-refractivity contribution >= 4 is 5.91 Å². The number of amides is 1. The van der Waals surface area contributed by atoms with Gasteiger partial charge < -0.3 is 19.6 Å². The molecule has 3 heterocycles. The molecule has 7 nitrogen and oxygen atoms in total. The smallest absolute Gasteiger partial charge is 0.258 e. The summed E-state index contributed by atoms with van der Waals surface area (Å²) in [6.07, 6.45) is 3.08. The van der Waals surface area contributed by atoms with Crippen molar-refractivity contribution in [3.63, 3.8) is 0 Å². The van der Waals surface area contributed by atoms with Crippen LogP contribution < -0.4 is 0 Å². The average molecular weight is 399 g/mol. The van der Waals surface area contributed by atoms with Crippen molar-refractivity contribution in [2.24, 2.45) is 7.05 Å². The molecule has 0 saturated carbocycles. The van der Waals surface area contributed by atoms with Gasteiger partial charge in [0, 0.05) is 39.4 Å². The fourth-order valence-electron chi connectivity index (χ4n) is 4.48. The third-order valence-electron chi connectivity index (χ3n) is 5.99. The highest BCUT2D eigenvalue weighted by atomic mass is 16.5. The van der Waals surface area contributed by atoms with Gasteiger partial charge in [0.2, 0.25) is 0 Å². The zero-order valence-electron chi connectivity index (χ0n) is 17.2. The topological polar surface area (TPSA) is 70.8 Å². The Labute approximate surface area is 171 Å². The summed E-state index contributed by atoms with van der Waals surface area (Å²) in [4.78, 5) is 17.8. The molecule has 2 aliphatic rings. The molecule has 1 aromatic heterocycles. The molecule has 2 fully saturated rings. The molecule has 1 N–H and O–H groups in total. The standard InChI is InChI=1S/C22H30N4O3/c1-16-19(14-24(2)23-16)22(28)26-12-13-29-20(15-25-10-8-18(27)9-11-25)21(26)17-6-4-3-5-7-17/h3-7,14,18,20-21,27H,8-13,15H2,1-2H3/t20-,21-/m0/s1. The van der Waals surface area contributed by atoms with Crippen molar-refractivity contribution in [2.45, 2.75) is 38.0 Å². The Bertz CT molecular complexity index is 830. The van der Waals surface area contributed by atoms with Crippen molar-refractivity contribution in [1.82, 2.24) is 19.6 Å². The first-order valence-corrected chi connectivity index (χ1v) is 10.4. The summed E-state index contributed by atoms with van der Waals surface area (Å²) >= 11 is 0. The van der Waals surface area contributed by atoms with Gasteiger partial charge in [-0.25, -0.2) is 0 Å². The largest absolute Gasteiger partial charge is 0.393 e. The maximum atomic E-state index is 13.5. The van der Waals surface area contributed by atoms with Crippen LogP contribution in [-0.2, 0) is 11.8 Å². The number of carbonyl (C=O) groups excluding carboxylic acids is 1. The lowest BCUT2D eigenvalue weighted by atomic mass is 9.96. The van der Waals surface area contributed by atoms with E-state index in [0.29, 0.717) is 18.7 Å². The normalized spacial score (nSPS) is 24.0. The lowest BCUT2D eigenvalue weighted by Crippen LogP contribution is -2.52. The molecular formula is C22H30N4O3. The number of likely N-dealkylation sites (tertiary alicyclic amines) is 1. The van der Waals surface area contributed by atoms with Gasteiger partial charge >= 0.3 is 0 Å². The van der Waals surface area contributed by atoms with Crippen molar-refractivity contribution in [2.75, 3.05) is 32.8 Å². The number of aliphatic hydroxyl groups excluding tert-OH is 1. The van der Waals surface area contributed by atoms with Crippen LogP contribution in [0.3, 0.4) is 0 Å². The van der Waals surface area contributed by atoms with Gasteiger partial charge in [-0.3, -0.25) is 9.48 Å². The van der Waals surface area contributed by atoms with E-state index in [2.05, 4.69) is 22.1 Å². The first-order chi connectivity index (χ1) is 14.0. The second kappa shape index (κ2) is 8.65. The number of piperidine rings is 1. The van der Waals surface area contributed by atoms with Gasteiger partial charge in [-0.15, -0.1) is 0 Å². The first-order valence-electron chi connectivity index (χ1n) is 10.4. The minimum absolute atomic E-state index is 0.00631. The lowest BCUT2D eigenvalue weighted by Gasteiger charge is -2.44. The molecule has 0 spiro atoms. The zero-order valence-corrected chi connectivity index (χ0v) is 17.2. The molecule has 7 heteroatoms. The van der Waals surface area contributed by atoms with Crippen LogP contribution in [0.2, 0.25) is 0 Å². The van der Waals surface area contributed by atoms with Crippen molar-refractivity contribution in [3.05, 3.63) is 53.3 Å². The first kappa shape index (κ1) is 20.1. The summed E-state index contributed by atoms with van der Waals surface area (Å²) in [6.45, 7) is 5.43. The van der Waals surface area contributed by atoms with Crippen LogP contribution in [0.1, 0.15) is 40.5 Å². The quantitative estimate of drug-likeness (QED) is 0.850. The van der Waals surface area contributed by atoms with Crippen LogP contribution in [0, 0.1) is 6.92 Å². The van der Waals surface area contributed by atoms with Crippen molar-refractivity contribution < 1.29 is 14.6 Å². The number of benzene rings is 1. The number of aromatic nitrogens is 2. The van der Waals surface area contributed by atoms with E-state index in [-0.39, 0.29) is 24.2 Å². The Balaban J connectivity index is 1.61. The molecule has 29 heavy (non-hydrogen) atoms. The molecule has 2 aliphatic heterocycles. The van der Waals surface area contributed by atoms with Crippen LogP contribution in [-0.4, -0.2) is 75.6 Å². The molecule has 0 aliphatic carbocycles. The van der Waals surface area contributed by atoms with Crippen LogP contribution in [0.5, 0.6) is 0 Å². The van der Waals surface area contributed by atoms with Crippen LogP contribution in [0.25, 0.3) is 0 Å². The SMILES string of the molecule is Cc1nn(C)cc1C(=O)N1CCO[C@@H](CN2CCC(O)CC2)[C@@H]1c1ccccc1. The minimum Gasteiger partial charge on any atom is -0.393 e. The van der Waals surface area contributed by atoms with Gasteiger partial charge in [0.05, 0.1) is 36.1 Å². The highest BCUT2D eigenvalue weighted by molar-refractivity contribution is 5.95. The summed E-state index contributed by atoms with van der Waals surface area (Å²) in [5.74, 6) is 0.00631. The average Bonchev–Trinajstić information content (AvgIpc) is 3.07. The van der Waals surface area contributed by atoms with E-state index in [9.17, 15) is 9.90 Å². The highest BCUT2D eigenvalue weighted by Crippen LogP contribution is 2.32. The van der Waals surface area contributed by atoms with E-state index in [4.69, 9.17) is 4.74 Å². The molecule has 1 amide bonds. The Morgan fingerprint density at radius 3 is 2.59 bits per heavy atom. The molecule has 0 bridgehead atoms. The molecular weight excluding hydrogens is 368 g/mol. The van der Waals surface area contributed by atoms with E-state index >= 15 is 0 Å². The highest BCUT2D eigenvalue weighted by Gasteiger charge is 2.38. The fourth-order valence-corrected chi connectivity index (χ4v) is 4.48. The van der Waals surface area contributed by atoms with Gasteiger partial charge in [-0.2, -0.15) is 5.10 Å². The second-order valence-electron chi connectivity index (χ2n) is 8.10. The third kappa shape index (κ3) is 4.37. The van der Waals surface area contributed by atoms with Crippen molar-refractivity contribution in [3.8, 4) is 0 Å². The van der Waals surface area contributed by atoms with Crippen LogP contribution in [0.4, 0.5) is 0 Å². The molecule has 0 radical (unpaired) electrons. The number of aliphatic hydroxyl groups is 1. The molecule has 0 unspecified atom stereocenters. The van der Waals surface area contributed by atoms with E-state index in [0.717, 1.165) is 43.7 Å². The monoisotopic (exact) mass is 398 g/mol. The maximum Gasteiger partial charge on any atom is 0.258 e. The number of morpholine rings is 1. The van der Waals surface area contributed by atoms with E-state index in [1.807, 2.05) is 37.1 Å². The zero-order chi connectivity index (χ0) is 20.4. The van der Waals surface area contributed by atoms with E-state index in [1.54, 1.807) is 10.9 Å². The minimum atomic E-state index is -0.199. The summed E-state index contributed by atoms with van der Waals surface area (Å²) in [7, 11) is 1.84. The van der Waals surface area contributed by atoms with Gasteiger partial charge in [0.25, 0.3) is 5.91 Å². The van der Waals surface area contributed by atoms with Gasteiger partial charge in [-0.05, 0) is 25.3 Å². The summed E-state index contributed by atoms with van der Waals surface area (Å²) in [5, 5.41) is 14.2. The molecule has 2 atom stereocenters. The lowest BCUT2D eigenvalue weighted by molar-refractivity contribution is -0.0770. The van der Waals surface area contributed by atoms with Crippen LogP contribution >= 0.6 is 0 Å². The maximum absolute atomic E-state index is 13.5. The Kier molecular flexibility index (Phi) is 5.99. The van der Waals surface area contributed by atoms with E-state index < -0.39 is 0 Å². The van der Waals surface area contributed by atoms with Gasteiger partial charge in [0.1, 0.15) is 0 Å². The molecule has 2 aromatic rings. The molecule has 156 valence electrons. The predicted octanol–water partition coefficient (Wildman–Crippen LogP) is 1.77. The van der Waals surface area contributed by atoms with E-state index in [1.165, 1.54) is 0 Å². The van der Waals surface area contributed by atoms with Crippen molar-refractivity contribution in [1.29, 1.82) is 0 Å². The van der Waals surface area contributed by atoms with Gasteiger partial charge in [0.15, 0.2) is 0 Å².